The second-order valence-electron chi connectivity index (χ2n) is 6.21. The van der Waals surface area contributed by atoms with Crippen LogP contribution in [-0.4, -0.2) is 62.0 Å². The molecule has 6 N–H and O–H groups in total. The van der Waals surface area contributed by atoms with Crippen LogP contribution in [0.15, 0.2) is 23.8 Å². The van der Waals surface area contributed by atoms with Crippen LogP contribution in [0.25, 0.3) is 0 Å². The van der Waals surface area contributed by atoms with E-state index in [4.69, 9.17) is 10.2 Å². The van der Waals surface area contributed by atoms with E-state index in [0.717, 1.165) is 0 Å². The first kappa shape index (κ1) is 21.2. The second kappa shape index (κ2) is 8.99. The number of aliphatic carboxylic acids is 3. The Morgan fingerprint density at radius 3 is 2.15 bits per heavy atom. The second-order valence-corrected chi connectivity index (χ2v) is 6.21. The molecule has 0 saturated heterocycles. The Balaban J connectivity index is 2.66. The van der Waals surface area contributed by atoms with Gasteiger partial charge in [0.15, 0.2) is 0 Å². The van der Waals surface area contributed by atoms with Gasteiger partial charge in [-0.15, -0.1) is 0 Å². The molecule has 10 nitrogen and oxygen atoms in total. The third-order valence-electron chi connectivity index (χ3n) is 3.73. The van der Waals surface area contributed by atoms with Crippen LogP contribution in [0.4, 0.5) is 4.79 Å². The number of allylic oxidation sites excluding steroid dienone is 1. The van der Waals surface area contributed by atoms with E-state index in [9.17, 15) is 29.4 Å². The molecule has 0 saturated carbocycles. The number of carbonyl (C=O) groups is 4. The summed E-state index contributed by atoms with van der Waals surface area (Å²) in [7, 11) is 0. The highest BCUT2D eigenvalue weighted by atomic mass is 16.4. The molecule has 0 heterocycles. The lowest BCUT2D eigenvalue weighted by Crippen LogP contribution is -2.51. The standard InChI is InChI=1S/C16H22N2O8/c1-16(26)6-4-9(5-7-16)8-11(14(23)24)18-15(25)17-10(13(21)22)2-3-12(19)20/h4-6,10-11,26H,2-3,7-8H2,1H3,(H,19,20)(H,21,22)(H,23,24)(H2,17,18,25)/t10-,11-,16?/m0/s1. The molecular weight excluding hydrogens is 348 g/mol. The van der Waals surface area contributed by atoms with Gasteiger partial charge < -0.3 is 31.1 Å². The summed E-state index contributed by atoms with van der Waals surface area (Å²) in [5.74, 6) is -3.95. The lowest BCUT2D eigenvalue weighted by molar-refractivity contribution is -0.140. The first-order valence-electron chi connectivity index (χ1n) is 7.85. The van der Waals surface area contributed by atoms with E-state index in [1.807, 2.05) is 0 Å². The van der Waals surface area contributed by atoms with Crippen molar-refractivity contribution in [1.29, 1.82) is 0 Å². The molecule has 3 atom stereocenters. The molecule has 1 aliphatic rings. The van der Waals surface area contributed by atoms with Crippen LogP contribution in [0, 0.1) is 0 Å². The fourth-order valence-corrected chi connectivity index (χ4v) is 2.23. The summed E-state index contributed by atoms with van der Waals surface area (Å²) in [6.07, 6.45) is 4.19. The minimum absolute atomic E-state index is 0.0534. The summed E-state index contributed by atoms with van der Waals surface area (Å²) in [6.45, 7) is 1.60. The third-order valence-corrected chi connectivity index (χ3v) is 3.73. The van der Waals surface area contributed by atoms with Crippen LogP contribution in [0.3, 0.4) is 0 Å². The zero-order valence-electron chi connectivity index (χ0n) is 14.1. The molecule has 144 valence electrons. The minimum Gasteiger partial charge on any atom is -0.481 e. The van der Waals surface area contributed by atoms with Crippen LogP contribution in [0.1, 0.15) is 32.6 Å². The first-order chi connectivity index (χ1) is 12.0. The van der Waals surface area contributed by atoms with Gasteiger partial charge in [-0.1, -0.05) is 18.2 Å². The lowest BCUT2D eigenvalue weighted by atomic mass is 9.91. The number of hydrogen-bond donors (Lipinski definition) is 6. The van der Waals surface area contributed by atoms with Gasteiger partial charge in [0.2, 0.25) is 0 Å². The summed E-state index contributed by atoms with van der Waals surface area (Å²) in [6, 6.07) is -3.80. The molecule has 1 aliphatic carbocycles. The largest absolute Gasteiger partial charge is 0.481 e. The van der Waals surface area contributed by atoms with E-state index in [1.54, 1.807) is 19.1 Å². The van der Waals surface area contributed by atoms with Crippen molar-refractivity contribution in [2.24, 2.45) is 0 Å². The summed E-state index contributed by atoms with van der Waals surface area (Å²) in [4.78, 5) is 44.8. The molecule has 26 heavy (non-hydrogen) atoms. The van der Waals surface area contributed by atoms with Crippen LogP contribution in [0.5, 0.6) is 0 Å². The maximum atomic E-state index is 11.9. The quantitative estimate of drug-likeness (QED) is 0.331. The number of amides is 2. The Morgan fingerprint density at radius 2 is 1.69 bits per heavy atom. The molecule has 1 unspecified atom stereocenters. The van der Waals surface area contributed by atoms with Gasteiger partial charge in [0, 0.05) is 12.8 Å². The Kier molecular flexibility index (Phi) is 7.32. The van der Waals surface area contributed by atoms with E-state index in [0.29, 0.717) is 12.0 Å². The highest BCUT2D eigenvalue weighted by Gasteiger charge is 2.26. The zero-order chi connectivity index (χ0) is 19.9. The van der Waals surface area contributed by atoms with Gasteiger partial charge in [0.1, 0.15) is 12.1 Å². The normalized spacial score (nSPS) is 21.2. The predicted molar refractivity (Wildman–Crippen MR) is 88.5 cm³/mol. The molecule has 10 heteroatoms. The molecule has 0 spiro atoms. The van der Waals surface area contributed by atoms with Gasteiger partial charge in [-0.05, 0) is 25.3 Å². The summed E-state index contributed by atoms with van der Waals surface area (Å²) >= 11 is 0. The van der Waals surface area contributed by atoms with Crippen molar-refractivity contribution in [3.63, 3.8) is 0 Å². The number of nitrogens with one attached hydrogen (secondary N) is 2. The molecule has 0 bridgehead atoms. The van der Waals surface area contributed by atoms with Crippen molar-refractivity contribution in [2.45, 2.75) is 50.3 Å². The van der Waals surface area contributed by atoms with Crippen molar-refractivity contribution in [3.8, 4) is 0 Å². The SMILES string of the molecule is CC1(O)C=CC(C[C@H](NC(=O)N[C@@H](CCC(=O)O)C(=O)O)C(=O)O)=CC1. The number of hydrogen-bond acceptors (Lipinski definition) is 5. The fraction of sp³-hybridized carbons (Fsp3) is 0.500. The number of urea groups is 1. The summed E-state index contributed by atoms with van der Waals surface area (Å²) in [5, 5.41) is 40.8. The van der Waals surface area contributed by atoms with Gasteiger partial charge in [0.05, 0.1) is 5.60 Å². The minimum atomic E-state index is -1.45. The Bertz CT molecular complexity index is 638. The van der Waals surface area contributed by atoms with E-state index < -0.39 is 48.0 Å². The third kappa shape index (κ3) is 7.34. The molecule has 0 aromatic heterocycles. The number of carboxylic acids is 3. The molecule has 0 radical (unpaired) electrons. The maximum Gasteiger partial charge on any atom is 0.326 e. The number of aliphatic hydroxyl groups is 1. The number of rotatable bonds is 9. The maximum absolute atomic E-state index is 11.9. The van der Waals surface area contributed by atoms with Gasteiger partial charge in [-0.2, -0.15) is 0 Å². The van der Waals surface area contributed by atoms with E-state index >= 15 is 0 Å². The summed E-state index contributed by atoms with van der Waals surface area (Å²) in [5.41, 5.74) is -0.406. The van der Waals surface area contributed by atoms with Crippen molar-refractivity contribution >= 4 is 23.9 Å². The molecule has 0 aromatic rings. The highest BCUT2D eigenvalue weighted by Crippen LogP contribution is 2.22. The van der Waals surface area contributed by atoms with Crippen LogP contribution in [0.2, 0.25) is 0 Å². The number of carboxylic acid groups (broad SMARTS) is 3. The van der Waals surface area contributed by atoms with Gasteiger partial charge in [0.25, 0.3) is 0 Å². The average molecular weight is 370 g/mol. The highest BCUT2D eigenvalue weighted by molar-refractivity contribution is 5.86. The fourth-order valence-electron chi connectivity index (χ4n) is 2.23. The lowest BCUT2D eigenvalue weighted by Gasteiger charge is -2.23. The van der Waals surface area contributed by atoms with Crippen molar-refractivity contribution in [1.82, 2.24) is 10.6 Å². The monoisotopic (exact) mass is 370 g/mol. The molecular formula is C16H22N2O8. The van der Waals surface area contributed by atoms with Gasteiger partial charge in [-0.25, -0.2) is 14.4 Å². The molecule has 0 aromatic carbocycles. The Morgan fingerprint density at radius 1 is 1.12 bits per heavy atom. The van der Waals surface area contributed by atoms with Crippen LogP contribution in [-0.2, 0) is 14.4 Å². The predicted octanol–water partition coefficient (Wildman–Crippen LogP) is 0.0842. The Labute approximate surface area is 149 Å². The topological polar surface area (TPSA) is 173 Å². The van der Waals surface area contributed by atoms with Crippen molar-refractivity contribution in [2.75, 3.05) is 0 Å². The smallest absolute Gasteiger partial charge is 0.326 e. The van der Waals surface area contributed by atoms with Crippen molar-refractivity contribution < 1.29 is 39.6 Å². The van der Waals surface area contributed by atoms with E-state index in [1.165, 1.54) is 6.08 Å². The van der Waals surface area contributed by atoms with E-state index in [-0.39, 0.29) is 12.8 Å². The van der Waals surface area contributed by atoms with Crippen LogP contribution >= 0.6 is 0 Å². The summed E-state index contributed by atoms with van der Waals surface area (Å²) < 4.78 is 0. The molecule has 0 fully saturated rings. The molecule has 0 aliphatic heterocycles. The number of carbonyl (C=O) groups excluding carboxylic acids is 1. The van der Waals surface area contributed by atoms with E-state index in [2.05, 4.69) is 10.6 Å². The molecule has 1 rings (SSSR count). The molecule has 2 amide bonds. The zero-order valence-corrected chi connectivity index (χ0v) is 14.1. The van der Waals surface area contributed by atoms with Gasteiger partial charge >= 0.3 is 23.9 Å². The van der Waals surface area contributed by atoms with Crippen molar-refractivity contribution in [3.05, 3.63) is 23.8 Å². The van der Waals surface area contributed by atoms with Crippen LogP contribution < -0.4 is 10.6 Å². The Hall–Kier alpha value is -2.88. The average Bonchev–Trinajstić information content (AvgIpc) is 2.51. The van der Waals surface area contributed by atoms with Gasteiger partial charge in [-0.3, -0.25) is 4.79 Å². The first-order valence-corrected chi connectivity index (χ1v) is 7.85.